The van der Waals surface area contributed by atoms with E-state index in [0.717, 1.165) is 11.3 Å². The molecule has 1 aromatic heterocycles. The van der Waals surface area contributed by atoms with Crippen LogP contribution in [0.3, 0.4) is 0 Å². The fourth-order valence-corrected chi connectivity index (χ4v) is 3.26. The third-order valence-electron chi connectivity index (χ3n) is 2.07. The lowest BCUT2D eigenvalue weighted by Crippen LogP contribution is -2.36. The van der Waals surface area contributed by atoms with Gasteiger partial charge in [-0.15, -0.1) is 11.3 Å². The molecule has 138 valence electrons. The summed E-state index contributed by atoms with van der Waals surface area (Å²) in [7, 11) is -3.90. The lowest BCUT2D eigenvalue weighted by molar-refractivity contribution is -0.145. The number of amides is 1. The summed E-state index contributed by atoms with van der Waals surface area (Å²) in [5.41, 5.74) is -1.34. The summed E-state index contributed by atoms with van der Waals surface area (Å²) in [6.45, 7) is 9.91. The number of rotatable bonds is 2. The van der Waals surface area contributed by atoms with Crippen LogP contribution in [0.15, 0.2) is 16.3 Å². The Morgan fingerprint density at radius 2 is 1.62 bits per heavy atom. The Morgan fingerprint density at radius 3 is 1.92 bits per heavy atom. The number of carbonyl (C=O) groups excluding carboxylic acids is 1. The third kappa shape index (κ3) is 9.09. The van der Waals surface area contributed by atoms with Crippen LogP contribution in [-0.2, 0) is 19.6 Å². The summed E-state index contributed by atoms with van der Waals surface area (Å²) in [6.07, 6.45) is -1.01. The first kappa shape index (κ1) is 22.7. The highest BCUT2D eigenvalue weighted by molar-refractivity contribution is 7.92. The summed E-state index contributed by atoms with van der Waals surface area (Å²) in [6, 6.07) is 2.76. The second-order valence-corrected chi connectivity index (χ2v) is 10.3. The first-order valence-electron chi connectivity index (χ1n) is 6.79. The number of nitrogens with one attached hydrogen (secondary N) is 1. The van der Waals surface area contributed by atoms with Gasteiger partial charge in [0.25, 0.3) is 10.0 Å². The van der Waals surface area contributed by atoms with Gasteiger partial charge in [0, 0.05) is 0 Å². The molecule has 10 heteroatoms. The average molecular weight is 400 g/mol. The number of sulfonamides is 1. The van der Waals surface area contributed by atoms with Gasteiger partial charge in [0.15, 0.2) is 0 Å². The van der Waals surface area contributed by atoms with Crippen molar-refractivity contribution >= 4 is 45.0 Å². The van der Waals surface area contributed by atoms with Gasteiger partial charge < -0.3 is 9.84 Å². The van der Waals surface area contributed by atoms with Gasteiger partial charge >= 0.3 is 12.1 Å². The van der Waals surface area contributed by atoms with Crippen LogP contribution >= 0.6 is 22.9 Å². The van der Waals surface area contributed by atoms with Crippen molar-refractivity contribution < 1.29 is 27.9 Å². The van der Waals surface area contributed by atoms with E-state index in [2.05, 4.69) is 0 Å². The number of ether oxygens (including phenoxy) is 1. The summed E-state index contributed by atoms with van der Waals surface area (Å²) in [4.78, 5) is 21.3. The predicted molar refractivity (Wildman–Crippen MR) is 93.0 cm³/mol. The molecule has 0 aliphatic carbocycles. The lowest BCUT2D eigenvalue weighted by atomic mass is 9.98. The molecule has 1 aromatic rings. The number of hydrogen-bond donors (Lipinski definition) is 2. The SMILES string of the molecule is CC(C)(C)C(=O)O.CC(C)(C)OC(=O)NS(=O)(=O)c1ccc(Cl)s1. The Kier molecular flexibility index (Phi) is 7.72. The van der Waals surface area contributed by atoms with Gasteiger partial charge in [-0.2, -0.15) is 0 Å². The van der Waals surface area contributed by atoms with E-state index < -0.39 is 33.1 Å². The highest BCUT2D eigenvalue weighted by Crippen LogP contribution is 2.25. The summed E-state index contributed by atoms with van der Waals surface area (Å²) >= 11 is 6.48. The number of carbonyl (C=O) groups is 2. The quantitative estimate of drug-likeness (QED) is 0.783. The minimum Gasteiger partial charge on any atom is -0.481 e. The van der Waals surface area contributed by atoms with E-state index in [4.69, 9.17) is 21.4 Å². The van der Waals surface area contributed by atoms with Crippen LogP contribution in [0.2, 0.25) is 4.34 Å². The zero-order chi connectivity index (χ0) is 19.3. The Balaban J connectivity index is 0.000000640. The van der Waals surface area contributed by atoms with E-state index in [1.165, 1.54) is 12.1 Å². The van der Waals surface area contributed by atoms with Gasteiger partial charge in [-0.05, 0) is 53.7 Å². The molecule has 7 nitrogen and oxygen atoms in total. The molecule has 24 heavy (non-hydrogen) atoms. The molecular formula is C14H22ClNO6S2. The van der Waals surface area contributed by atoms with Crippen molar-refractivity contribution in [3.05, 3.63) is 16.5 Å². The molecule has 0 aliphatic heterocycles. The maximum Gasteiger partial charge on any atom is 0.421 e. The van der Waals surface area contributed by atoms with Crippen molar-refractivity contribution in [2.75, 3.05) is 0 Å². The van der Waals surface area contributed by atoms with Crippen molar-refractivity contribution in [1.29, 1.82) is 0 Å². The van der Waals surface area contributed by atoms with Gasteiger partial charge in [-0.1, -0.05) is 11.6 Å². The predicted octanol–water partition coefficient (Wildman–Crippen LogP) is 3.73. The Bertz CT molecular complexity index is 683. The standard InChI is InChI=1S/C9H12ClNO4S2.C5H10O2/c1-9(2,3)15-8(12)11-17(13,14)7-5-4-6(10)16-7;1-5(2,3)4(6)7/h4-5H,1-3H3,(H,11,12);1-3H3,(H,6,7). The van der Waals surface area contributed by atoms with Crippen LogP contribution in [0.1, 0.15) is 41.5 Å². The molecule has 0 atom stereocenters. The molecule has 0 aromatic carbocycles. The molecule has 0 spiro atoms. The Morgan fingerprint density at radius 1 is 1.17 bits per heavy atom. The van der Waals surface area contributed by atoms with Crippen LogP contribution in [0.5, 0.6) is 0 Å². The number of hydrogen-bond acceptors (Lipinski definition) is 6. The van der Waals surface area contributed by atoms with Crippen LogP contribution in [0.4, 0.5) is 4.79 Å². The van der Waals surface area contributed by atoms with E-state index in [0.29, 0.717) is 4.34 Å². The van der Waals surface area contributed by atoms with Crippen molar-refractivity contribution in [3.8, 4) is 0 Å². The normalized spacial score (nSPS) is 12.0. The fraction of sp³-hybridized carbons (Fsp3) is 0.571. The minimum atomic E-state index is -3.90. The highest BCUT2D eigenvalue weighted by Gasteiger charge is 2.24. The van der Waals surface area contributed by atoms with E-state index in [1.54, 1.807) is 46.3 Å². The number of carboxylic acid groups (broad SMARTS) is 1. The van der Waals surface area contributed by atoms with E-state index in [-0.39, 0.29) is 4.21 Å². The number of halogens is 1. The van der Waals surface area contributed by atoms with Crippen LogP contribution < -0.4 is 4.72 Å². The summed E-state index contributed by atoms with van der Waals surface area (Å²) in [5.74, 6) is -0.757. The monoisotopic (exact) mass is 399 g/mol. The van der Waals surface area contributed by atoms with Crippen molar-refractivity contribution in [2.45, 2.75) is 51.4 Å². The Labute approximate surface area is 151 Å². The second-order valence-electron chi connectivity index (χ2n) is 6.72. The highest BCUT2D eigenvalue weighted by atomic mass is 35.5. The Hall–Kier alpha value is -1.32. The summed E-state index contributed by atoms with van der Waals surface area (Å²) in [5, 5.41) is 8.25. The average Bonchev–Trinajstić information content (AvgIpc) is 2.72. The molecule has 1 rings (SSSR count). The van der Waals surface area contributed by atoms with E-state index in [9.17, 15) is 18.0 Å². The maximum absolute atomic E-state index is 11.7. The molecule has 1 amide bonds. The second kappa shape index (κ2) is 8.17. The van der Waals surface area contributed by atoms with Crippen molar-refractivity contribution in [2.24, 2.45) is 5.41 Å². The molecule has 0 bridgehead atoms. The fourth-order valence-electron chi connectivity index (χ4n) is 0.901. The topological polar surface area (TPSA) is 110 Å². The van der Waals surface area contributed by atoms with E-state index >= 15 is 0 Å². The molecule has 0 radical (unpaired) electrons. The smallest absolute Gasteiger partial charge is 0.421 e. The van der Waals surface area contributed by atoms with Crippen molar-refractivity contribution in [3.63, 3.8) is 0 Å². The summed E-state index contributed by atoms with van der Waals surface area (Å²) < 4.78 is 30.3. The lowest BCUT2D eigenvalue weighted by Gasteiger charge is -2.19. The van der Waals surface area contributed by atoms with Crippen LogP contribution in [0.25, 0.3) is 0 Å². The molecule has 1 heterocycles. The molecule has 0 aliphatic rings. The molecular weight excluding hydrogens is 378 g/mol. The van der Waals surface area contributed by atoms with Gasteiger partial charge in [0.1, 0.15) is 9.81 Å². The number of thiophene rings is 1. The maximum atomic E-state index is 11.7. The molecule has 0 fully saturated rings. The zero-order valence-corrected chi connectivity index (χ0v) is 16.7. The van der Waals surface area contributed by atoms with Gasteiger partial charge in [0.2, 0.25) is 0 Å². The first-order valence-corrected chi connectivity index (χ1v) is 9.47. The van der Waals surface area contributed by atoms with Crippen molar-refractivity contribution in [1.82, 2.24) is 4.72 Å². The molecule has 0 saturated carbocycles. The number of carboxylic acids is 1. The largest absolute Gasteiger partial charge is 0.481 e. The number of aliphatic carboxylic acids is 1. The van der Waals surface area contributed by atoms with Gasteiger partial charge in [-0.25, -0.2) is 17.9 Å². The van der Waals surface area contributed by atoms with Crippen LogP contribution in [-0.4, -0.2) is 31.2 Å². The van der Waals surface area contributed by atoms with Gasteiger partial charge in [0.05, 0.1) is 9.75 Å². The van der Waals surface area contributed by atoms with E-state index in [1.807, 2.05) is 0 Å². The molecule has 2 N–H and O–H groups in total. The third-order valence-corrected chi connectivity index (χ3v) is 5.11. The van der Waals surface area contributed by atoms with Gasteiger partial charge in [-0.3, -0.25) is 4.79 Å². The molecule has 0 saturated heterocycles. The zero-order valence-electron chi connectivity index (χ0n) is 14.3. The van der Waals surface area contributed by atoms with Crippen LogP contribution in [0, 0.1) is 5.41 Å². The first-order chi connectivity index (χ1) is 10.5. The minimum absolute atomic E-state index is 0.0339. The molecule has 0 unspecified atom stereocenters.